The third-order valence-electron chi connectivity index (χ3n) is 3.44. The number of fused-ring (bicyclic) bond motifs is 1. The van der Waals surface area contributed by atoms with Gasteiger partial charge in [0, 0.05) is 11.1 Å². The SMILES string of the molecule is CC(C)(C)COC(=O)Nc1cnc2[nH]c(-c3ccccc3)cc2c1. The monoisotopic (exact) mass is 323 g/mol. The van der Waals surface area contributed by atoms with Gasteiger partial charge in [0.05, 0.1) is 18.5 Å². The molecule has 0 radical (unpaired) electrons. The molecular weight excluding hydrogens is 302 g/mol. The van der Waals surface area contributed by atoms with Gasteiger partial charge >= 0.3 is 6.09 Å². The highest BCUT2D eigenvalue weighted by Crippen LogP contribution is 2.24. The molecule has 0 aliphatic heterocycles. The Morgan fingerprint density at radius 3 is 2.67 bits per heavy atom. The molecule has 0 spiro atoms. The summed E-state index contributed by atoms with van der Waals surface area (Å²) in [5.74, 6) is 0. The van der Waals surface area contributed by atoms with E-state index in [0.29, 0.717) is 12.3 Å². The Hall–Kier alpha value is -2.82. The molecular formula is C19H21N3O2. The van der Waals surface area contributed by atoms with E-state index in [-0.39, 0.29) is 5.41 Å². The summed E-state index contributed by atoms with van der Waals surface area (Å²) in [5, 5.41) is 3.65. The summed E-state index contributed by atoms with van der Waals surface area (Å²) in [5.41, 5.74) is 3.41. The number of aromatic amines is 1. The van der Waals surface area contributed by atoms with E-state index in [4.69, 9.17) is 4.74 Å². The highest BCUT2D eigenvalue weighted by Gasteiger charge is 2.14. The minimum Gasteiger partial charge on any atom is -0.449 e. The summed E-state index contributed by atoms with van der Waals surface area (Å²) < 4.78 is 5.21. The first-order chi connectivity index (χ1) is 11.4. The number of rotatable bonds is 3. The summed E-state index contributed by atoms with van der Waals surface area (Å²) in [6.45, 7) is 6.40. The molecule has 2 heterocycles. The molecule has 124 valence electrons. The zero-order valence-corrected chi connectivity index (χ0v) is 14.1. The number of anilines is 1. The van der Waals surface area contributed by atoms with E-state index >= 15 is 0 Å². The molecule has 0 saturated heterocycles. The van der Waals surface area contributed by atoms with E-state index in [2.05, 4.69) is 15.3 Å². The molecule has 0 unspecified atom stereocenters. The number of carbonyl (C=O) groups is 1. The Bertz CT molecular complexity index is 848. The van der Waals surface area contributed by atoms with Crippen LogP contribution in [0.2, 0.25) is 0 Å². The zero-order chi connectivity index (χ0) is 17.2. The molecule has 3 aromatic rings. The van der Waals surface area contributed by atoms with Crippen LogP contribution in [0.1, 0.15) is 20.8 Å². The van der Waals surface area contributed by atoms with Crippen molar-refractivity contribution >= 4 is 22.8 Å². The molecule has 0 bridgehead atoms. The summed E-state index contributed by atoms with van der Waals surface area (Å²) in [6.07, 6.45) is 1.15. The number of ether oxygens (including phenoxy) is 1. The number of benzene rings is 1. The van der Waals surface area contributed by atoms with Crippen molar-refractivity contribution in [2.24, 2.45) is 5.41 Å². The second-order valence-corrected chi connectivity index (χ2v) is 6.97. The van der Waals surface area contributed by atoms with Crippen molar-refractivity contribution in [1.82, 2.24) is 9.97 Å². The van der Waals surface area contributed by atoms with Crippen LogP contribution in [0.15, 0.2) is 48.7 Å². The molecule has 1 aromatic carbocycles. The van der Waals surface area contributed by atoms with Crippen molar-refractivity contribution in [2.75, 3.05) is 11.9 Å². The van der Waals surface area contributed by atoms with Crippen LogP contribution in [-0.4, -0.2) is 22.7 Å². The number of aromatic nitrogens is 2. The zero-order valence-electron chi connectivity index (χ0n) is 14.1. The molecule has 0 atom stereocenters. The van der Waals surface area contributed by atoms with Crippen LogP contribution >= 0.6 is 0 Å². The number of pyridine rings is 1. The first kappa shape index (κ1) is 16.1. The second-order valence-electron chi connectivity index (χ2n) is 6.97. The summed E-state index contributed by atoms with van der Waals surface area (Å²) in [7, 11) is 0. The van der Waals surface area contributed by atoms with E-state index in [1.54, 1.807) is 6.20 Å². The van der Waals surface area contributed by atoms with Crippen molar-refractivity contribution < 1.29 is 9.53 Å². The van der Waals surface area contributed by atoms with Crippen molar-refractivity contribution in [2.45, 2.75) is 20.8 Å². The predicted molar refractivity (Wildman–Crippen MR) is 96.0 cm³/mol. The predicted octanol–water partition coefficient (Wildman–Crippen LogP) is 4.82. The third-order valence-corrected chi connectivity index (χ3v) is 3.44. The molecule has 0 fully saturated rings. The van der Waals surface area contributed by atoms with E-state index in [0.717, 1.165) is 22.3 Å². The van der Waals surface area contributed by atoms with Gasteiger partial charge < -0.3 is 9.72 Å². The van der Waals surface area contributed by atoms with Gasteiger partial charge in [-0.05, 0) is 23.1 Å². The number of nitrogens with zero attached hydrogens (tertiary/aromatic N) is 1. The van der Waals surface area contributed by atoms with Gasteiger partial charge in [-0.15, -0.1) is 0 Å². The average molecular weight is 323 g/mol. The molecule has 5 nitrogen and oxygen atoms in total. The first-order valence-corrected chi connectivity index (χ1v) is 7.89. The van der Waals surface area contributed by atoms with Gasteiger partial charge in [0.15, 0.2) is 0 Å². The van der Waals surface area contributed by atoms with Crippen molar-refractivity contribution in [1.29, 1.82) is 0 Å². The maximum atomic E-state index is 11.9. The Kier molecular flexibility index (Phi) is 4.25. The maximum absolute atomic E-state index is 11.9. The third kappa shape index (κ3) is 3.93. The molecule has 0 aliphatic rings. The van der Waals surface area contributed by atoms with Crippen LogP contribution in [0.5, 0.6) is 0 Å². The van der Waals surface area contributed by atoms with Crippen molar-refractivity contribution in [3.8, 4) is 11.3 Å². The Morgan fingerprint density at radius 2 is 1.96 bits per heavy atom. The Morgan fingerprint density at radius 1 is 1.21 bits per heavy atom. The van der Waals surface area contributed by atoms with Gasteiger partial charge in [-0.2, -0.15) is 0 Å². The Labute approximate surface area is 141 Å². The first-order valence-electron chi connectivity index (χ1n) is 7.89. The lowest BCUT2D eigenvalue weighted by Gasteiger charge is -2.17. The number of H-pyrrole nitrogens is 1. The Balaban J connectivity index is 1.75. The summed E-state index contributed by atoms with van der Waals surface area (Å²) in [6, 6.07) is 13.9. The van der Waals surface area contributed by atoms with Crippen LogP contribution in [-0.2, 0) is 4.74 Å². The quantitative estimate of drug-likeness (QED) is 0.726. The van der Waals surface area contributed by atoms with Crippen molar-refractivity contribution in [3.05, 3.63) is 48.7 Å². The van der Waals surface area contributed by atoms with Crippen LogP contribution in [0.25, 0.3) is 22.3 Å². The highest BCUT2D eigenvalue weighted by atomic mass is 16.5. The number of amides is 1. The van der Waals surface area contributed by atoms with Gasteiger partial charge in [0.25, 0.3) is 0 Å². The van der Waals surface area contributed by atoms with E-state index in [1.165, 1.54) is 0 Å². The van der Waals surface area contributed by atoms with Crippen LogP contribution in [0.3, 0.4) is 0 Å². The summed E-state index contributed by atoms with van der Waals surface area (Å²) >= 11 is 0. The van der Waals surface area contributed by atoms with Crippen LogP contribution < -0.4 is 5.32 Å². The molecule has 1 amide bonds. The van der Waals surface area contributed by atoms with E-state index < -0.39 is 6.09 Å². The normalized spacial score (nSPS) is 11.5. The minimum atomic E-state index is -0.468. The molecule has 3 rings (SSSR count). The largest absolute Gasteiger partial charge is 0.449 e. The van der Waals surface area contributed by atoms with E-state index in [9.17, 15) is 4.79 Å². The molecule has 24 heavy (non-hydrogen) atoms. The van der Waals surface area contributed by atoms with Crippen molar-refractivity contribution in [3.63, 3.8) is 0 Å². The number of hydrogen-bond donors (Lipinski definition) is 2. The molecule has 0 aliphatic carbocycles. The number of hydrogen-bond acceptors (Lipinski definition) is 3. The van der Waals surface area contributed by atoms with E-state index in [1.807, 2.05) is 63.2 Å². The fraction of sp³-hybridized carbons (Fsp3) is 0.263. The van der Waals surface area contributed by atoms with Crippen LogP contribution in [0.4, 0.5) is 10.5 Å². The lowest BCUT2D eigenvalue weighted by Crippen LogP contribution is -2.21. The molecule has 0 saturated carbocycles. The lowest BCUT2D eigenvalue weighted by molar-refractivity contribution is 0.118. The number of carbonyl (C=O) groups excluding carboxylic acids is 1. The maximum Gasteiger partial charge on any atom is 0.411 e. The van der Waals surface area contributed by atoms with Gasteiger partial charge in [-0.3, -0.25) is 5.32 Å². The smallest absolute Gasteiger partial charge is 0.411 e. The average Bonchev–Trinajstić information content (AvgIpc) is 2.96. The van der Waals surface area contributed by atoms with Gasteiger partial charge in [-0.1, -0.05) is 51.1 Å². The standard InChI is InChI=1S/C19H21N3O2/c1-19(2,3)12-24-18(23)21-15-9-14-10-16(22-17(14)20-11-15)13-7-5-4-6-8-13/h4-11H,12H2,1-3H3,(H,20,22)(H,21,23). The topological polar surface area (TPSA) is 67.0 Å². The fourth-order valence-electron chi connectivity index (χ4n) is 2.29. The van der Waals surface area contributed by atoms with Gasteiger partial charge in [-0.25, -0.2) is 9.78 Å². The molecule has 2 aromatic heterocycles. The highest BCUT2D eigenvalue weighted by molar-refractivity contribution is 5.90. The molecule has 5 heteroatoms. The lowest BCUT2D eigenvalue weighted by atomic mass is 9.99. The number of nitrogens with one attached hydrogen (secondary N) is 2. The van der Waals surface area contributed by atoms with Gasteiger partial charge in [0.2, 0.25) is 0 Å². The van der Waals surface area contributed by atoms with Gasteiger partial charge in [0.1, 0.15) is 5.65 Å². The second kappa shape index (κ2) is 6.35. The fourth-order valence-corrected chi connectivity index (χ4v) is 2.29. The molecule has 2 N–H and O–H groups in total. The van der Waals surface area contributed by atoms with Crippen LogP contribution in [0, 0.1) is 5.41 Å². The summed E-state index contributed by atoms with van der Waals surface area (Å²) in [4.78, 5) is 19.5. The minimum absolute atomic E-state index is 0.0647.